The molecule has 0 spiro atoms. The largest absolute Gasteiger partial charge is 0.416 e. The summed E-state index contributed by atoms with van der Waals surface area (Å²) in [6, 6.07) is 8.81. The van der Waals surface area contributed by atoms with Crippen molar-refractivity contribution in [1.82, 2.24) is 5.43 Å². The third-order valence-corrected chi connectivity index (χ3v) is 3.59. The van der Waals surface area contributed by atoms with Crippen LogP contribution >= 0.6 is 23.2 Å². The first-order chi connectivity index (χ1) is 9.84. The van der Waals surface area contributed by atoms with E-state index in [1.165, 1.54) is 30.3 Å². The first-order valence-electron chi connectivity index (χ1n) is 5.91. The Morgan fingerprint density at radius 2 is 1.67 bits per heavy atom. The van der Waals surface area contributed by atoms with Gasteiger partial charge in [0.2, 0.25) is 0 Å². The second-order valence-corrected chi connectivity index (χ2v) is 5.19. The van der Waals surface area contributed by atoms with Gasteiger partial charge in [-0.2, -0.15) is 13.2 Å². The van der Waals surface area contributed by atoms with Crippen LogP contribution in [0.4, 0.5) is 13.2 Å². The molecule has 112 valence electrons. The number of hydrogen-bond donors (Lipinski definition) is 2. The van der Waals surface area contributed by atoms with Gasteiger partial charge in [-0.25, -0.2) is 5.43 Å². The van der Waals surface area contributed by atoms with Crippen LogP contribution in [0.3, 0.4) is 0 Å². The normalized spacial score (nSPS) is 13.2. The molecule has 0 heterocycles. The van der Waals surface area contributed by atoms with E-state index >= 15 is 0 Å². The SMILES string of the molecule is NNC(c1cc(Cl)ccc1Cl)c1ccccc1C(F)(F)F. The Balaban J connectivity index is 2.60. The molecule has 0 saturated heterocycles. The Morgan fingerprint density at radius 1 is 1.00 bits per heavy atom. The Labute approximate surface area is 129 Å². The van der Waals surface area contributed by atoms with Crippen LogP contribution in [-0.4, -0.2) is 0 Å². The van der Waals surface area contributed by atoms with Gasteiger partial charge in [0.25, 0.3) is 0 Å². The molecule has 0 bridgehead atoms. The quantitative estimate of drug-likeness (QED) is 0.637. The van der Waals surface area contributed by atoms with E-state index in [2.05, 4.69) is 5.43 Å². The Kier molecular flexibility index (Phi) is 4.78. The molecule has 0 saturated carbocycles. The fourth-order valence-corrected chi connectivity index (χ4v) is 2.50. The number of hydrazine groups is 1. The van der Waals surface area contributed by atoms with E-state index in [-0.39, 0.29) is 10.6 Å². The van der Waals surface area contributed by atoms with Gasteiger partial charge in [-0.3, -0.25) is 5.84 Å². The molecule has 1 unspecified atom stereocenters. The molecule has 2 aromatic rings. The summed E-state index contributed by atoms with van der Waals surface area (Å²) in [7, 11) is 0. The fraction of sp³-hybridized carbons (Fsp3) is 0.143. The molecular formula is C14H11Cl2F3N2. The first kappa shape index (κ1) is 16.1. The number of benzene rings is 2. The standard InChI is InChI=1S/C14H11Cl2F3N2/c15-8-5-6-12(16)10(7-8)13(21-20)9-3-1-2-4-11(9)14(17,18)19/h1-7,13,21H,20H2. The van der Waals surface area contributed by atoms with E-state index in [4.69, 9.17) is 29.0 Å². The predicted molar refractivity (Wildman–Crippen MR) is 77.1 cm³/mol. The number of rotatable bonds is 3. The highest BCUT2D eigenvalue weighted by atomic mass is 35.5. The molecule has 21 heavy (non-hydrogen) atoms. The molecule has 0 aliphatic rings. The van der Waals surface area contributed by atoms with Crippen molar-refractivity contribution in [1.29, 1.82) is 0 Å². The van der Waals surface area contributed by atoms with E-state index in [9.17, 15) is 13.2 Å². The van der Waals surface area contributed by atoms with Crippen molar-refractivity contribution in [2.75, 3.05) is 0 Å². The van der Waals surface area contributed by atoms with Gasteiger partial charge in [0.1, 0.15) is 0 Å². The maximum atomic E-state index is 13.1. The van der Waals surface area contributed by atoms with Gasteiger partial charge >= 0.3 is 6.18 Å². The van der Waals surface area contributed by atoms with Gasteiger partial charge in [0, 0.05) is 10.0 Å². The molecule has 7 heteroatoms. The number of nitrogens with one attached hydrogen (secondary N) is 1. The molecule has 0 amide bonds. The molecule has 1 atom stereocenters. The molecular weight excluding hydrogens is 324 g/mol. The lowest BCUT2D eigenvalue weighted by Gasteiger charge is -2.22. The van der Waals surface area contributed by atoms with E-state index in [1.54, 1.807) is 6.07 Å². The van der Waals surface area contributed by atoms with Crippen molar-refractivity contribution in [2.45, 2.75) is 12.2 Å². The first-order valence-corrected chi connectivity index (χ1v) is 6.67. The number of alkyl halides is 3. The minimum atomic E-state index is -4.49. The number of hydrogen-bond acceptors (Lipinski definition) is 2. The predicted octanol–water partition coefficient (Wildman–Crippen LogP) is 4.56. The van der Waals surface area contributed by atoms with Crippen molar-refractivity contribution in [3.05, 3.63) is 69.2 Å². The highest BCUT2D eigenvalue weighted by Gasteiger charge is 2.35. The Hall–Kier alpha value is -1.27. The maximum Gasteiger partial charge on any atom is 0.416 e. The lowest BCUT2D eigenvalue weighted by molar-refractivity contribution is -0.138. The maximum absolute atomic E-state index is 13.1. The van der Waals surface area contributed by atoms with Crippen LogP contribution in [0.15, 0.2) is 42.5 Å². The summed E-state index contributed by atoms with van der Waals surface area (Å²) in [4.78, 5) is 0. The van der Waals surface area contributed by atoms with Crippen molar-refractivity contribution in [2.24, 2.45) is 5.84 Å². The fourth-order valence-electron chi connectivity index (χ4n) is 2.09. The summed E-state index contributed by atoms with van der Waals surface area (Å²) >= 11 is 11.9. The highest BCUT2D eigenvalue weighted by molar-refractivity contribution is 6.33. The van der Waals surface area contributed by atoms with E-state index in [1.807, 2.05) is 0 Å². The molecule has 2 rings (SSSR count). The van der Waals surface area contributed by atoms with Crippen molar-refractivity contribution >= 4 is 23.2 Å². The van der Waals surface area contributed by atoms with Gasteiger partial charge in [-0.1, -0.05) is 41.4 Å². The van der Waals surface area contributed by atoms with Crippen LogP contribution < -0.4 is 11.3 Å². The summed E-state index contributed by atoms with van der Waals surface area (Å²) in [6.07, 6.45) is -4.49. The van der Waals surface area contributed by atoms with Gasteiger partial charge in [0.05, 0.1) is 11.6 Å². The summed E-state index contributed by atoms with van der Waals surface area (Å²) in [6.45, 7) is 0. The van der Waals surface area contributed by atoms with Crippen molar-refractivity contribution in [3.63, 3.8) is 0 Å². The van der Waals surface area contributed by atoms with Crippen molar-refractivity contribution in [3.8, 4) is 0 Å². The molecule has 3 N–H and O–H groups in total. The topological polar surface area (TPSA) is 38.0 Å². The van der Waals surface area contributed by atoms with Crippen LogP contribution in [0, 0.1) is 0 Å². The molecule has 0 aliphatic heterocycles. The minimum absolute atomic E-state index is 0.0170. The summed E-state index contributed by atoms with van der Waals surface area (Å²) in [5.74, 6) is 5.45. The van der Waals surface area contributed by atoms with Gasteiger partial charge < -0.3 is 0 Å². The number of halogens is 5. The lowest BCUT2D eigenvalue weighted by Crippen LogP contribution is -2.30. The second kappa shape index (κ2) is 6.23. The zero-order chi connectivity index (χ0) is 15.6. The zero-order valence-corrected chi connectivity index (χ0v) is 12.1. The number of nitrogens with two attached hydrogens (primary N) is 1. The van der Waals surface area contributed by atoms with Crippen LogP contribution in [0.2, 0.25) is 10.0 Å². The molecule has 2 nitrogen and oxygen atoms in total. The smallest absolute Gasteiger partial charge is 0.271 e. The second-order valence-electron chi connectivity index (χ2n) is 4.35. The van der Waals surface area contributed by atoms with Crippen LogP contribution in [0.1, 0.15) is 22.7 Å². The third-order valence-electron chi connectivity index (χ3n) is 3.01. The van der Waals surface area contributed by atoms with Crippen LogP contribution in [-0.2, 0) is 6.18 Å². The van der Waals surface area contributed by atoms with Crippen LogP contribution in [0.25, 0.3) is 0 Å². The average molecular weight is 335 g/mol. The van der Waals surface area contributed by atoms with E-state index < -0.39 is 17.8 Å². The lowest BCUT2D eigenvalue weighted by atomic mass is 9.94. The van der Waals surface area contributed by atoms with E-state index in [0.717, 1.165) is 6.07 Å². The minimum Gasteiger partial charge on any atom is -0.271 e. The third kappa shape index (κ3) is 3.49. The molecule has 2 aromatic carbocycles. The van der Waals surface area contributed by atoms with E-state index in [0.29, 0.717) is 10.6 Å². The average Bonchev–Trinajstić information content (AvgIpc) is 2.43. The van der Waals surface area contributed by atoms with Crippen molar-refractivity contribution < 1.29 is 13.2 Å². The van der Waals surface area contributed by atoms with Gasteiger partial charge in [-0.05, 0) is 35.4 Å². The molecule has 0 aromatic heterocycles. The van der Waals surface area contributed by atoms with Gasteiger partial charge in [0.15, 0.2) is 0 Å². The zero-order valence-electron chi connectivity index (χ0n) is 10.6. The highest BCUT2D eigenvalue weighted by Crippen LogP contribution is 2.38. The van der Waals surface area contributed by atoms with Gasteiger partial charge in [-0.15, -0.1) is 0 Å². The molecule has 0 fully saturated rings. The molecule has 0 radical (unpaired) electrons. The summed E-state index contributed by atoms with van der Waals surface area (Å²) < 4.78 is 39.3. The molecule has 0 aliphatic carbocycles. The Bertz CT molecular complexity index is 644. The Morgan fingerprint density at radius 3 is 2.29 bits per heavy atom. The summed E-state index contributed by atoms with van der Waals surface area (Å²) in [5.41, 5.74) is 1.96. The monoisotopic (exact) mass is 334 g/mol. The van der Waals surface area contributed by atoms with Crippen LogP contribution in [0.5, 0.6) is 0 Å². The summed E-state index contributed by atoms with van der Waals surface area (Å²) in [5, 5.41) is 0.637.